The Morgan fingerprint density at radius 2 is 1.73 bits per heavy atom. The summed E-state index contributed by atoms with van der Waals surface area (Å²) in [6, 6.07) is 18.4. The van der Waals surface area contributed by atoms with Crippen LogP contribution in [0.5, 0.6) is 5.75 Å². The Hall–Kier alpha value is -2.49. The van der Waals surface area contributed by atoms with Crippen LogP contribution in [0.4, 0.5) is 0 Å². The van der Waals surface area contributed by atoms with Gasteiger partial charge in [0.05, 0.1) is 0 Å². The van der Waals surface area contributed by atoms with E-state index in [9.17, 15) is 0 Å². The highest BCUT2D eigenvalue weighted by Gasteiger charge is 1.98. The Balaban J connectivity index is 1.78. The first-order valence-electron chi connectivity index (χ1n) is 7.46. The number of ether oxygens (including phenoxy) is 1. The SMILES string of the molecule is CN=C(NC)NCCc1ccc(OCc2ccccc2)cc1. The van der Waals surface area contributed by atoms with Crippen LogP contribution in [0.15, 0.2) is 59.6 Å². The molecule has 0 fully saturated rings. The van der Waals surface area contributed by atoms with Crippen LogP contribution in [-0.4, -0.2) is 26.6 Å². The number of nitrogens with one attached hydrogen (secondary N) is 2. The zero-order chi connectivity index (χ0) is 15.6. The van der Waals surface area contributed by atoms with Crippen molar-refractivity contribution in [2.24, 2.45) is 4.99 Å². The van der Waals surface area contributed by atoms with E-state index in [1.165, 1.54) is 11.1 Å². The fraction of sp³-hybridized carbons (Fsp3) is 0.278. The summed E-state index contributed by atoms with van der Waals surface area (Å²) in [4.78, 5) is 4.08. The van der Waals surface area contributed by atoms with E-state index in [1.807, 2.05) is 37.4 Å². The molecule has 0 saturated carbocycles. The topological polar surface area (TPSA) is 45.7 Å². The van der Waals surface area contributed by atoms with Crippen LogP contribution in [0.1, 0.15) is 11.1 Å². The van der Waals surface area contributed by atoms with Crippen LogP contribution in [0, 0.1) is 0 Å². The maximum Gasteiger partial charge on any atom is 0.190 e. The Bertz CT molecular complexity index is 579. The van der Waals surface area contributed by atoms with Crippen molar-refractivity contribution in [1.29, 1.82) is 0 Å². The molecule has 2 aromatic rings. The average molecular weight is 297 g/mol. The Morgan fingerprint density at radius 1 is 1.00 bits per heavy atom. The molecule has 0 spiro atoms. The number of nitrogens with zero attached hydrogens (tertiary/aromatic N) is 1. The van der Waals surface area contributed by atoms with Gasteiger partial charge in [0.2, 0.25) is 0 Å². The molecule has 4 heteroatoms. The molecule has 2 rings (SSSR count). The Labute approximate surface area is 132 Å². The highest BCUT2D eigenvalue weighted by Crippen LogP contribution is 2.14. The summed E-state index contributed by atoms with van der Waals surface area (Å²) in [7, 11) is 3.62. The second kappa shape index (κ2) is 8.72. The van der Waals surface area contributed by atoms with Gasteiger partial charge in [0, 0.05) is 20.6 Å². The maximum atomic E-state index is 5.78. The van der Waals surface area contributed by atoms with E-state index < -0.39 is 0 Å². The third kappa shape index (κ3) is 5.13. The first-order chi connectivity index (χ1) is 10.8. The molecule has 0 heterocycles. The molecule has 0 radical (unpaired) electrons. The first kappa shape index (κ1) is 15.9. The molecule has 0 bridgehead atoms. The van der Waals surface area contributed by atoms with Crippen LogP contribution < -0.4 is 15.4 Å². The Kier molecular flexibility index (Phi) is 6.30. The minimum atomic E-state index is 0.597. The van der Waals surface area contributed by atoms with E-state index in [4.69, 9.17) is 4.74 Å². The molecule has 0 saturated heterocycles. The minimum Gasteiger partial charge on any atom is -0.489 e. The number of hydrogen-bond acceptors (Lipinski definition) is 2. The number of rotatable bonds is 6. The number of hydrogen-bond donors (Lipinski definition) is 2. The van der Waals surface area contributed by atoms with E-state index in [0.717, 1.165) is 24.7 Å². The highest BCUT2D eigenvalue weighted by atomic mass is 16.5. The predicted octanol–water partition coefficient (Wildman–Crippen LogP) is 2.60. The van der Waals surface area contributed by atoms with Gasteiger partial charge in [0.25, 0.3) is 0 Å². The fourth-order valence-corrected chi connectivity index (χ4v) is 2.10. The number of benzene rings is 2. The van der Waals surface area contributed by atoms with Crippen molar-refractivity contribution in [2.75, 3.05) is 20.6 Å². The third-order valence-electron chi connectivity index (χ3n) is 3.34. The second-order valence-electron chi connectivity index (χ2n) is 4.92. The molecule has 2 N–H and O–H groups in total. The van der Waals surface area contributed by atoms with Crippen molar-refractivity contribution in [2.45, 2.75) is 13.0 Å². The largest absolute Gasteiger partial charge is 0.489 e. The van der Waals surface area contributed by atoms with Crippen LogP contribution in [0.25, 0.3) is 0 Å². The summed E-state index contributed by atoms with van der Waals surface area (Å²) in [5, 5.41) is 6.23. The molecule has 116 valence electrons. The van der Waals surface area contributed by atoms with Crippen LogP contribution >= 0.6 is 0 Å². The van der Waals surface area contributed by atoms with Crippen LogP contribution in [0.2, 0.25) is 0 Å². The zero-order valence-electron chi connectivity index (χ0n) is 13.2. The van der Waals surface area contributed by atoms with Gasteiger partial charge in [-0.05, 0) is 29.7 Å². The molecule has 0 aliphatic carbocycles. The van der Waals surface area contributed by atoms with Crippen molar-refractivity contribution in [3.63, 3.8) is 0 Å². The monoisotopic (exact) mass is 297 g/mol. The molecule has 0 aromatic heterocycles. The van der Waals surface area contributed by atoms with E-state index >= 15 is 0 Å². The summed E-state index contributed by atoms with van der Waals surface area (Å²) in [5.41, 5.74) is 2.44. The van der Waals surface area contributed by atoms with Gasteiger partial charge < -0.3 is 15.4 Å². The fourth-order valence-electron chi connectivity index (χ4n) is 2.10. The van der Waals surface area contributed by atoms with Crippen molar-refractivity contribution in [3.05, 3.63) is 65.7 Å². The number of aliphatic imine (C=N–C) groups is 1. The van der Waals surface area contributed by atoms with Gasteiger partial charge in [0.15, 0.2) is 5.96 Å². The first-order valence-corrected chi connectivity index (χ1v) is 7.46. The summed E-state index contributed by atoms with van der Waals surface area (Å²) < 4.78 is 5.78. The molecule has 4 nitrogen and oxygen atoms in total. The quantitative estimate of drug-likeness (QED) is 0.636. The summed E-state index contributed by atoms with van der Waals surface area (Å²) in [6.45, 7) is 1.44. The smallest absolute Gasteiger partial charge is 0.190 e. The summed E-state index contributed by atoms with van der Waals surface area (Å²) >= 11 is 0. The molecular weight excluding hydrogens is 274 g/mol. The Morgan fingerprint density at radius 3 is 2.36 bits per heavy atom. The van der Waals surface area contributed by atoms with E-state index in [-0.39, 0.29) is 0 Å². The molecule has 0 amide bonds. The summed E-state index contributed by atoms with van der Waals surface area (Å²) in [5.74, 6) is 1.70. The second-order valence-corrected chi connectivity index (χ2v) is 4.92. The molecule has 22 heavy (non-hydrogen) atoms. The lowest BCUT2D eigenvalue weighted by atomic mass is 10.1. The normalized spacial score (nSPS) is 11.1. The van der Waals surface area contributed by atoms with E-state index in [2.05, 4.69) is 39.9 Å². The predicted molar refractivity (Wildman–Crippen MR) is 91.3 cm³/mol. The molecule has 0 atom stereocenters. The average Bonchev–Trinajstić information content (AvgIpc) is 2.59. The van der Waals surface area contributed by atoms with E-state index in [0.29, 0.717) is 6.61 Å². The van der Waals surface area contributed by atoms with Crippen molar-refractivity contribution in [3.8, 4) is 5.75 Å². The minimum absolute atomic E-state index is 0.597. The van der Waals surface area contributed by atoms with Gasteiger partial charge in [-0.1, -0.05) is 42.5 Å². The van der Waals surface area contributed by atoms with Gasteiger partial charge in [-0.25, -0.2) is 0 Å². The molecule has 2 aromatic carbocycles. The zero-order valence-corrected chi connectivity index (χ0v) is 13.2. The lowest BCUT2D eigenvalue weighted by Gasteiger charge is -2.09. The van der Waals surface area contributed by atoms with Crippen molar-refractivity contribution >= 4 is 5.96 Å². The van der Waals surface area contributed by atoms with Gasteiger partial charge in [-0.15, -0.1) is 0 Å². The molecule has 0 aliphatic heterocycles. The summed E-state index contributed by atoms with van der Waals surface area (Å²) in [6.07, 6.45) is 0.944. The van der Waals surface area contributed by atoms with Gasteiger partial charge in [0.1, 0.15) is 12.4 Å². The highest BCUT2D eigenvalue weighted by molar-refractivity contribution is 5.79. The molecule has 0 unspecified atom stereocenters. The van der Waals surface area contributed by atoms with Crippen LogP contribution in [-0.2, 0) is 13.0 Å². The van der Waals surface area contributed by atoms with Gasteiger partial charge in [-0.2, -0.15) is 0 Å². The molecule has 0 aliphatic rings. The van der Waals surface area contributed by atoms with Crippen LogP contribution in [0.3, 0.4) is 0 Å². The third-order valence-corrected chi connectivity index (χ3v) is 3.34. The van der Waals surface area contributed by atoms with E-state index in [1.54, 1.807) is 7.05 Å². The van der Waals surface area contributed by atoms with Gasteiger partial charge in [-0.3, -0.25) is 4.99 Å². The van der Waals surface area contributed by atoms with Crippen molar-refractivity contribution in [1.82, 2.24) is 10.6 Å². The maximum absolute atomic E-state index is 5.78. The van der Waals surface area contributed by atoms with Crippen molar-refractivity contribution < 1.29 is 4.74 Å². The standard InChI is InChI=1S/C18H23N3O/c1-19-18(20-2)21-13-12-15-8-10-17(11-9-15)22-14-16-6-4-3-5-7-16/h3-11H,12-14H2,1-2H3,(H2,19,20,21). The number of guanidine groups is 1. The molecular formula is C18H23N3O. The van der Waals surface area contributed by atoms with Gasteiger partial charge >= 0.3 is 0 Å². The lowest BCUT2D eigenvalue weighted by molar-refractivity contribution is 0.306. The lowest BCUT2D eigenvalue weighted by Crippen LogP contribution is -2.35.